The van der Waals surface area contributed by atoms with Gasteiger partial charge in [-0.3, -0.25) is 0 Å². The number of hydrogen-bond acceptors (Lipinski definition) is 3. The van der Waals surface area contributed by atoms with Crippen molar-refractivity contribution in [2.45, 2.75) is 25.8 Å². The quantitative estimate of drug-likeness (QED) is 0.841. The summed E-state index contributed by atoms with van der Waals surface area (Å²) in [6, 6.07) is 6.13. The van der Waals surface area contributed by atoms with Gasteiger partial charge < -0.3 is 15.2 Å². The Labute approximate surface area is 118 Å². The highest BCUT2D eigenvalue weighted by atomic mass is 79.9. The van der Waals surface area contributed by atoms with Crippen molar-refractivity contribution in [3.8, 4) is 5.75 Å². The normalized spacial score (nSPS) is 14.3. The first-order chi connectivity index (χ1) is 8.56. The topological polar surface area (TPSA) is 44.5 Å². The zero-order chi connectivity index (χ0) is 13.5. The van der Waals surface area contributed by atoms with E-state index in [4.69, 9.17) is 15.2 Å². The number of hydrogen-bond donors (Lipinski definition) is 1. The molecule has 102 valence electrons. The molecule has 18 heavy (non-hydrogen) atoms. The molecule has 0 fully saturated rings. The first-order valence-corrected chi connectivity index (χ1v) is 6.93. The van der Waals surface area contributed by atoms with Crippen molar-refractivity contribution in [2.75, 3.05) is 20.8 Å². The molecule has 4 heteroatoms. The van der Waals surface area contributed by atoms with E-state index in [0.717, 1.165) is 35.2 Å². The third-order valence-corrected chi connectivity index (χ3v) is 3.37. The number of benzene rings is 1. The minimum Gasteiger partial charge on any atom is -0.496 e. The lowest BCUT2D eigenvalue weighted by atomic mass is 9.97. The van der Waals surface area contributed by atoms with Gasteiger partial charge in [-0.2, -0.15) is 0 Å². The highest BCUT2D eigenvalue weighted by Gasteiger charge is 2.12. The van der Waals surface area contributed by atoms with Crippen LogP contribution in [0.5, 0.6) is 5.75 Å². The summed E-state index contributed by atoms with van der Waals surface area (Å²) in [4.78, 5) is 0. The molecule has 3 nitrogen and oxygen atoms in total. The van der Waals surface area contributed by atoms with Crippen LogP contribution in [0.4, 0.5) is 0 Å². The van der Waals surface area contributed by atoms with Crippen molar-refractivity contribution < 1.29 is 9.47 Å². The Morgan fingerprint density at radius 1 is 1.33 bits per heavy atom. The van der Waals surface area contributed by atoms with Gasteiger partial charge in [-0.25, -0.2) is 0 Å². The van der Waals surface area contributed by atoms with Gasteiger partial charge in [0.1, 0.15) is 5.75 Å². The molecule has 1 aromatic rings. The van der Waals surface area contributed by atoms with Gasteiger partial charge >= 0.3 is 0 Å². The molecule has 2 atom stereocenters. The zero-order valence-electron chi connectivity index (χ0n) is 11.3. The number of methoxy groups -OCH3 is 2. The molecule has 0 heterocycles. The van der Waals surface area contributed by atoms with E-state index < -0.39 is 0 Å². The van der Waals surface area contributed by atoms with E-state index in [9.17, 15) is 0 Å². The Balaban J connectivity index is 2.63. The average molecular weight is 316 g/mol. The summed E-state index contributed by atoms with van der Waals surface area (Å²) < 4.78 is 11.5. The van der Waals surface area contributed by atoms with Crippen molar-refractivity contribution in [1.29, 1.82) is 0 Å². The number of nitrogens with two attached hydrogens (primary N) is 1. The molecular weight excluding hydrogens is 294 g/mol. The van der Waals surface area contributed by atoms with Gasteiger partial charge in [0.05, 0.1) is 7.11 Å². The van der Waals surface area contributed by atoms with Crippen LogP contribution in [0, 0.1) is 5.92 Å². The molecule has 2 unspecified atom stereocenters. The second-order valence-electron chi connectivity index (χ2n) is 4.72. The maximum absolute atomic E-state index is 6.18. The SMILES string of the molecule is COCC(C)CC(N)Cc1cc(Br)ccc1OC. The van der Waals surface area contributed by atoms with Crippen LogP contribution in [0.25, 0.3) is 0 Å². The van der Waals surface area contributed by atoms with Gasteiger partial charge in [-0.1, -0.05) is 22.9 Å². The van der Waals surface area contributed by atoms with E-state index >= 15 is 0 Å². The van der Waals surface area contributed by atoms with Crippen LogP contribution in [0.15, 0.2) is 22.7 Å². The molecule has 0 radical (unpaired) electrons. The number of halogens is 1. The highest BCUT2D eigenvalue weighted by Crippen LogP contribution is 2.24. The summed E-state index contributed by atoms with van der Waals surface area (Å²) >= 11 is 3.47. The minimum absolute atomic E-state index is 0.123. The Kier molecular flexibility index (Phi) is 6.68. The Bertz CT molecular complexity index is 371. The van der Waals surface area contributed by atoms with E-state index in [-0.39, 0.29) is 6.04 Å². The lowest BCUT2D eigenvalue weighted by Crippen LogP contribution is -2.26. The molecule has 0 saturated carbocycles. The van der Waals surface area contributed by atoms with E-state index in [1.807, 2.05) is 12.1 Å². The van der Waals surface area contributed by atoms with Crippen molar-refractivity contribution in [3.05, 3.63) is 28.2 Å². The van der Waals surface area contributed by atoms with E-state index in [1.54, 1.807) is 14.2 Å². The molecule has 1 rings (SSSR count). The molecule has 1 aromatic carbocycles. The zero-order valence-corrected chi connectivity index (χ0v) is 12.9. The fourth-order valence-corrected chi connectivity index (χ4v) is 2.55. The molecule has 0 aliphatic heterocycles. The number of ether oxygens (including phenoxy) is 2. The molecule has 0 amide bonds. The van der Waals surface area contributed by atoms with Gasteiger partial charge in [-0.05, 0) is 42.5 Å². The summed E-state index contributed by atoms with van der Waals surface area (Å²) in [7, 11) is 3.41. The van der Waals surface area contributed by atoms with Crippen LogP contribution in [-0.4, -0.2) is 26.9 Å². The summed E-state index contributed by atoms with van der Waals surface area (Å²) in [5.41, 5.74) is 7.33. The summed E-state index contributed by atoms with van der Waals surface area (Å²) in [5.74, 6) is 1.37. The van der Waals surface area contributed by atoms with Crippen LogP contribution >= 0.6 is 15.9 Å². The van der Waals surface area contributed by atoms with Crippen LogP contribution in [0.2, 0.25) is 0 Å². The standard InChI is InChI=1S/C14H22BrNO2/c1-10(9-17-2)6-13(16)8-11-7-12(15)4-5-14(11)18-3/h4-5,7,10,13H,6,8-9,16H2,1-3H3. The van der Waals surface area contributed by atoms with E-state index in [2.05, 4.69) is 28.9 Å². The van der Waals surface area contributed by atoms with Gasteiger partial charge in [-0.15, -0.1) is 0 Å². The molecule has 0 spiro atoms. The van der Waals surface area contributed by atoms with Crippen molar-refractivity contribution in [2.24, 2.45) is 11.7 Å². The largest absolute Gasteiger partial charge is 0.496 e. The molecule has 0 aromatic heterocycles. The third-order valence-electron chi connectivity index (χ3n) is 2.88. The van der Waals surface area contributed by atoms with Crippen LogP contribution in [-0.2, 0) is 11.2 Å². The predicted molar refractivity (Wildman–Crippen MR) is 78.0 cm³/mol. The molecule has 0 aliphatic rings. The first-order valence-electron chi connectivity index (χ1n) is 6.13. The smallest absolute Gasteiger partial charge is 0.122 e. The van der Waals surface area contributed by atoms with Crippen molar-refractivity contribution in [3.63, 3.8) is 0 Å². The fraction of sp³-hybridized carbons (Fsp3) is 0.571. The second kappa shape index (κ2) is 7.77. The van der Waals surface area contributed by atoms with Crippen LogP contribution in [0.3, 0.4) is 0 Å². The molecule has 0 aliphatic carbocycles. The molecule has 0 saturated heterocycles. The van der Waals surface area contributed by atoms with E-state index in [0.29, 0.717) is 5.92 Å². The molecule has 0 bridgehead atoms. The van der Waals surface area contributed by atoms with Crippen LogP contribution in [0.1, 0.15) is 18.9 Å². The average Bonchev–Trinajstić information content (AvgIpc) is 2.29. The monoisotopic (exact) mass is 315 g/mol. The number of rotatable bonds is 7. The Morgan fingerprint density at radius 3 is 2.67 bits per heavy atom. The fourth-order valence-electron chi connectivity index (χ4n) is 2.14. The Morgan fingerprint density at radius 2 is 2.06 bits per heavy atom. The third kappa shape index (κ3) is 4.96. The van der Waals surface area contributed by atoms with Crippen LogP contribution < -0.4 is 10.5 Å². The minimum atomic E-state index is 0.123. The molecular formula is C14H22BrNO2. The van der Waals surface area contributed by atoms with Gasteiger partial charge in [0.25, 0.3) is 0 Å². The Hall–Kier alpha value is -0.580. The second-order valence-corrected chi connectivity index (χ2v) is 5.63. The predicted octanol–water partition coefficient (Wildman–Crippen LogP) is 3.00. The highest BCUT2D eigenvalue weighted by molar-refractivity contribution is 9.10. The lowest BCUT2D eigenvalue weighted by molar-refractivity contribution is 0.152. The first kappa shape index (κ1) is 15.5. The summed E-state index contributed by atoms with van der Waals surface area (Å²) in [6.45, 7) is 2.91. The summed E-state index contributed by atoms with van der Waals surface area (Å²) in [5, 5.41) is 0. The van der Waals surface area contributed by atoms with Gasteiger partial charge in [0.15, 0.2) is 0 Å². The lowest BCUT2D eigenvalue weighted by Gasteiger charge is -2.18. The van der Waals surface area contributed by atoms with Gasteiger partial charge in [0, 0.05) is 24.2 Å². The maximum atomic E-state index is 6.18. The van der Waals surface area contributed by atoms with E-state index in [1.165, 1.54) is 0 Å². The van der Waals surface area contributed by atoms with Crippen molar-refractivity contribution >= 4 is 15.9 Å². The molecule has 2 N–H and O–H groups in total. The van der Waals surface area contributed by atoms with Crippen molar-refractivity contribution in [1.82, 2.24) is 0 Å². The maximum Gasteiger partial charge on any atom is 0.122 e. The van der Waals surface area contributed by atoms with Gasteiger partial charge in [0.2, 0.25) is 0 Å². The summed E-state index contributed by atoms with van der Waals surface area (Å²) in [6.07, 6.45) is 1.76.